The molecule has 0 aliphatic heterocycles. The zero-order chi connectivity index (χ0) is 13.1. The molecule has 6 nitrogen and oxygen atoms in total. The number of rotatable bonds is 4. The molecule has 6 heteroatoms. The molecule has 3 N–H and O–H groups in total. The van der Waals surface area contributed by atoms with Crippen molar-refractivity contribution in [1.82, 2.24) is 10.2 Å². The first kappa shape index (κ1) is 12.1. The van der Waals surface area contributed by atoms with Gasteiger partial charge in [0.15, 0.2) is 11.5 Å². The van der Waals surface area contributed by atoms with Crippen molar-refractivity contribution in [2.75, 3.05) is 27.1 Å². The van der Waals surface area contributed by atoms with E-state index in [-0.39, 0.29) is 0 Å². The van der Waals surface area contributed by atoms with Crippen molar-refractivity contribution >= 4 is 5.82 Å². The molecule has 1 heterocycles. The predicted molar refractivity (Wildman–Crippen MR) is 68.1 cm³/mol. The number of benzene rings is 1. The Morgan fingerprint density at radius 3 is 2.22 bits per heavy atom. The smallest absolute Gasteiger partial charge is 0.203 e. The second-order valence-corrected chi connectivity index (χ2v) is 3.58. The molecule has 0 unspecified atom stereocenters. The molecule has 0 aliphatic rings. The average molecular weight is 249 g/mol. The highest BCUT2D eigenvalue weighted by molar-refractivity contribution is 5.81. The van der Waals surface area contributed by atoms with Crippen LogP contribution in [0.4, 0.5) is 5.82 Å². The highest BCUT2D eigenvalue weighted by atomic mass is 16.5. The number of nitrogens with one attached hydrogen (secondary N) is 1. The van der Waals surface area contributed by atoms with Gasteiger partial charge in [-0.15, -0.1) is 0 Å². The third-order valence-electron chi connectivity index (χ3n) is 2.66. The number of H-pyrrole nitrogens is 1. The average Bonchev–Trinajstić information content (AvgIpc) is 2.82. The van der Waals surface area contributed by atoms with E-state index < -0.39 is 0 Å². The van der Waals surface area contributed by atoms with Crippen LogP contribution in [0, 0.1) is 0 Å². The molecule has 1 aromatic heterocycles. The topological polar surface area (TPSA) is 82.4 Å². The maximum atomic E-state index is 5.81. The Labute approximate surface area is 105 Å². The van der Waals surface area contributed by atoms with E-state index in [0.29, 0.717) is 23.1 Å². The van der Waals surface area contributed by atoms with Gasteiger partial charge in [-0.1, -0.05) is 0 Å². The van der Waals surface area contributed by atoms with E-state index >= 15 is 0 Å². The van der Waals surface area contributed by atoms with E-state index in [1.807, 2.05) is 6.07 Å². The molecular weight excluding hydrogens is 234 g/mol. The quantitative estimate of drug-likeness (QED) is 0.861. The summed E-state index contributed by atoms with van der Waals surface area (Å²) >= 11 is 0. The first-order chi connectivity index (χ1) is 8.72. The Bertz CT molecular complexity index is 551. The van der Waals surface area contributed by atoms with Gasteiger partial charge in [0, 0.05) is 11.1 Å². The summed E-state index contributed by atoms with van der Waals surface area (Å²) in [5.74, 6) is 2.16. The van der Waals surface area contributed by atoms with Crippen molar-refractivity contribution in [2.45, 2.75) is 0 Å². The van der Waals surface area contributed by atoms with Crippen LogP contribution < -0.4 is 19.9 Å². The summed E-state index contributed by atoms with van der Waals surface area (Å²) in [6.45, 7) is 0. The number of ether oxygens (including phenoxy) is 3. The van der Waals surface area contributed by atoms with Crippen molar-refractivity contribution in [1.29, 1.82) is 0 Å². The van der Waals surface area contributed by atoms with Crippen molar-refractivity contribution in [2.24, 2.45) is 0 Å². The number of aromatic nitrogens is 2. The van der Waals surface area contributed by atoms with Crippen molar-refractivity contribution in [3.05, 3.63) is 18.3 Å². The Hall–Kier alpha value is -2.37. The van der Waals surface area contributed by atoms with Crippen LogP contribution in [0.15, 0.2) is 18.3 Å². The number of anilines is 1. The zero-order valence-corrected chi connectivity index (χ0v) is 10.5. The van der Waals surface area contributed by atoms with Gasteiger partial charge in [0.1, 0.15) is 5.82 Å². The normalized spacial score (nSPS) is 10.2. The third-order valence-corrected chi connectivity index (χ3v) is 2.66. The first-order valence-electron chi connectivity index (χ1n) is 5.31. The number of hydrogen-bond acceptors (Lipinski definition) is 5. The third kappa shape index (κ3) is 1.81. The Balaban J connectivity index is 2.66. The van der Waals surface area contributed by atoms with Gasteiger partial charge in [-0.25, -0.2) is 0 Å². The molecule has 0 bridgehead atoms. The highest BCUT2D eigenvalue weighted by Gasteiger charge is 2.18. The van der Waals surface area contributed by atoms with E-state index in [0.717, 1.165) is 11.1 Å². The standard InChI is InChI=1S/C12H15N3O3/c1-16-9-5-4-7(8-6-14-15-12(8)13)10(17-2)11(9)18-3/h4-6H,1-3H3,(H3,13,14,15). The van der Waals surface area contributed by atoms with Crippen molar-refractivity contribution < 1.29 is 14.2 Å². The maximum absolute atomic E-state index is 5.81. The Kier molecular flexibility index (Phi) is 3.27. The van der Waals surface area contributed by atoms with Crippen LogP contribution in [-0.2, 0) is 0 Å². The zero-order valence-electron chi connectivity index (χ0n) is 10.5. The second-order valence-electron chi connectivity index (χ2n) is 3.58. The van der Waals surface area contributed by atoms with E-state index in [1.165, 1.54) is 0 Å². The molecule has 0 fully saturated rings. The van der Waals surface area contributed by atoms with Crippen LogP contribution in [0.5, 0.6) is 17.2 Å². The number of nitrogen functional groups attached to an aromatic ring is 1. The maximum Gasteiger partial charge on any atom is 0.203 e. The lowest BCUT2D eigenvalue weighted by atomic mass is 10.1. The van der Waals surface area contributed by atoms with E-state index in [4.69, 9.17) is 19.9 Å². The number of methoxy groups -OCH3 is 3. The Morgan fingerprint density at radius 2 is 1.72 bits per heavy atom. The molecule has 0 aliphatic carbocycles. The van der Waals surface area contributed by atoms with Crippen LogP contribution in [0.1, 0.15) is 0 Å². The van der Waals surface area contributed by atoms with Gasteiger partial charge in [-0.3, -0.25) is 5.10 Å². The predicted octanol–water partition coefficient (Wildman–Crippen LogP) is 1.68. The number of hydrogen-bond donors (Lipinski definition) is 2. The van der Waals surface area contributed by atoms with Crippen LogP contribution >= 0.6 is 0 Å². The minimum absolute atomic E-state index is 0.473. The van der Waals surface area contributed by atoms with Crippen LogP contribution in [0.25, 0.3) is 11.1 Å². The fraction of sp³-hybridized carbons (Fsp3) is 0.250. The molecule has 18 heavy (non-hydrogen) atoms. The number of aromatic amines is 1. The van der Waals surface area contributed by atoms with Crippen LogP contribution in [0.3, 0.4) is 0 Å². The minimum Gasteiger partial charge on any atom is -0.493 e. The summed E-state index contributed by atoms with van der Waals surface area (Å²) in [5, 5.41) is 6.58. The van der Waals surface area contributed by atoms with Gasteiger partial charge in [0.25, 0.3) is 0 Å². The number of nitrogens with zero attached hydrogens (tertiary/aromatic N) is 1. The lowest BCUT2D eigenvalue weighted by Crippen LogP contribution is -1.97. The van der Waals surface area contributed by atoms with Crippen molar-refractivity contribution in [3.8, 4) is 28.4 Å². The number of nitrogens with two attached hydrogens (primary N) is 1. The van der Waals surface area contributed by atoms with Gasteiger partial charge in [-0.05, 0) is 12.1 Å². The summed E-state index contributed by atoms with van der Waals surface area (Å²) in [6, 6.07) is 3.64. The summed E-state index contributed by atoms with van der Waals surface area (Å²) in [7, 11) is 4.70. The molecule has 96 valence electrons. The van der Waals surface area contributed by atoms with E-state index in [1.54, 1.807) is 33.6 Å². The van der Waals surface area contributed by atoms with Gasteiger partial charge in [0.2, 0.25) is 5.75 Å². The molecule has 0 atom stereocenters. The molecule has 0 saturated carbocycles. The molecule has 0 saturated heterocycles. The van der Waals surface area contributed by atoms with E-state index in [9.17, 15) is 0 Å². The van der Waals surface area contributed by atoms with Crippen LogP contribution in [0.2, 0.25) is 0 Å². The fourth-order valence-electron chi connectivity index (χ4n) is 1.82. The largest absolute Gasteiger partial charge is 0.493 e. The summed E-state index contributed by atoms with van der Waals surface area (Å²) in [6.07, 6.45) is 1.64. The summed E-state index contributed by atoms with van der Waals surface area (Å²) in [4.78, 5) is 0. The summed E-state index contributed by atoms with van der Waals surface area (Å²) < 4.78 is 15.9. The monoisotopic (exact) mass is 249 g/mol. The molecule has 2 aromatic rings. The Morgan fingerprint density at radius 1 is 1.00 bits per heavy atom. The van der Waals surface area contributed by atoms with Gasteiger partial charge >= 0.3 is 0 Å². The molecule has 2 rings (SSSR count). The minimum atomic E-state index is 0.473. The SMILES string of the molecule is COc1ccc(-c2cn[nH]c2N)c(OC)c1OC. The van der Waals surface area contributed by atoms with E-state index in [2.05, 4.69) is 10.2 Å². The lowest BCUT2D eigenvalue weighted by Gasteiger charge is -2.15. The van der Waals surface area contributed by atoms with Gasteiger partial charge in [0.05, 0.1) is 27.5 Å². The molecule has 0 spiro atoms. The molecule has 0 amide bonds. The van der Waals surface area contributed by atoms with Gasteiger partial charge in [-0.2, -0.15) is 5.10 Å². The van der Waals surface area contributed by atoms with Gasteiger partial charge < -0.3 is 19.9 Å². The van der Waals surface area contributed by atoms with Crippen LogP contribution in [-0.4, -0.2) is 31.5 Å². The fourth-order valence-corrected chi connectivity index (χ4v) is 1.82. The second kappa shape index (κ2) is 4.87. The molecular formula is C12H15N3O3. The molecule has 1 aromatic carbocycles. The van der Waals surface area contributed by atoms with Crippen molar-refractivity contribution in [3.63, 3.8) is 0 Å². The summed E-state index contributed by atoms with van der Waals surface area (Å²) in [5.41, 5.74) is 7.36. The highest BCUT2D eigenvalue weighted by Crippen LogP contribution is 2.45. The molecule has 0 radical (unpaired) electrons. The lowest BCUT2D eigenvalue weighted by molar-refractivity contribution is 0.325. The first-order valence-corrected chi connectivity index (χ1v) is 5.31.